The Kier molecular flexibility index (Phi) is 4.83. The summed E-state index contributed by atoms with van der Waals surface area (Å²) >= 11 is 0. The van der Waals surface area contributed by atoms with Gasteiger partial charge in [0.1, 0.15) is 0 Å². The summed E-state index contributed by atoms with van der Waals surface area (Å²) in [7, 11) is 0. The number of nitrogens with zero attached hydrogens (tertiary/aromatic N) is 4. The number of carbonyl (C=O) groups is 1. The van der Waals surface area contributed by atoms with Gasteiger partial charge in [0.05, 0.1) is 5.52 Å². The highest BCUT2D eigenvalue weighted by Crippen LogP contribution is 2.23. The molecule has 27 heavy (non-hydrogen) atoms. The number of rotatable bonds is 4. The minimum Gasteiger partial charge on any atom is -0.343 e. The molecule has 3 heterocycles. The summed E-state index contributed by atoms with van der Waals surface area (Å²) in [6, 6.07) is 8.06. The van der Waals surface area contributed by atoms with Crippen LogP contribution in [0.4, 0.5) is 0 Å². The molecule has 0 radical (unpaired) electrons. The zero-order valence-corrected chi connectivity index (χ0v) is 16.1. The van der Waals surface area contributed by atoms with Crippen LogP contribution in [0.15, 0.2) is 24.3 Å². The summed E-state index contributed by atoms with van der Waals surface area (Å²) < 4.78 is 1.92. The zero-order chi connectivity index (χ0) is 19.0. The minimum atomic E-state index is 0.231. The zero-order valence-electron chi connectivity index (χ0n) is 16.1. The van der Waals surface area contributed by atoms with Crippen molar-refractivity contribution in [3.63, 3.8) is 0 Å². The Morgan fingerprint density at radius 3 is 2.70 bits per heavy atom. The van der Waals surface area contributed by atoms with E-state index < -0.39 is 0 Å². The molecule has 2 N–H and O–H groups in total. The fourth-order valence-electron chi connectivity index (χ4n) is 4.15. The van der Waals surface area contributed by atoms with Gasteiger partial charge >= 0.3 is 0 Å². The topological polar surface area (TPSA) is 76.5 Å². The van der Waals surface area contributed by atoms with Crippen LogP contribution in [-0.4, -0.2) is 45.0 Å². The van der Waals surface area contributed by atoms with Gasteiger partial charge in [-0.3, -0.25) is 4.79 Å². The number of nitrogens with two attached hydrogens (primary N) is 1. The number of hydrogen-bond acceptors (Lipinski definition) is 4. The van der Waals surface area contributed by atoms with E-state index in [1.165, 1.54) is 0 Å². The third-order valence-electron chi connectivity index (χ3n) is 5.91. The van der Waals surface area contributed by atoms with Crippen molar-refractivity contribution in [3.8, 4) is 0 Å². The number of fused-ring (bicyclic) bond motifs is 3. The van der Waals surface area contributed by atoms with Gasteiger partial charge in [-0.25, -0.2) is 9.50 Å². The van der Waals surface area contributed by atoms with Gasteiger partial charge in [-0.2, -0.15) is 5.10 Å². The smallest absolute Gasteiger partial charge is 0.222 e. The maximum absolute atomic E-state index is 12.6. The predicted octanol–water partition coefficient (Wildman–Crippen LogP) is 2.63. The van der Waals surface area contributed by atoms with E-state index in [9.17, 15) is 4.79 Å². The van der Waals surface area contributed by atoms with Crippen molar-refractivity contribution in [1.29, 1.82) is 0 Å². The molecule has 6 heteroatoms. The maximum Gasteiger partial charge on any atom is 0.222 e. The van der Waals surface area contributed by atoms with Crippen LogP contribution in [0, 0.1) is 19.8 Å². The number of aromatic nitrogens is 3. The highest BCUT2D eigenvalue weighted by Gasteiger charge is 2.22. The average Bonchev–Trinajstić information content (AvgIpc) is 3.06. The Balaban J connectivity index is 1.54. The van der Waals surface area contributed by atoms with Gasteiger partial charge in [-0.15, -0.1) is 0 Å². The number of piperidine rings is 1. The molecule has 0 atom stereocenters. The van der Waals surface area contributed by atoms with Crippen molar-refractivity contribution < 1.29 is 4.79 Å². The first kappa shape index (κ1) is 17.9. The number of amides is 1. The first-order valence-corrected chi connectivity index (χ1v) is 9.80. The number of aryl methyl sites for hydroxylation is 2. The molecule has 1 aliphatic heterocycles. The molecule has 0 saturated carbocycles. The van der Waals surface area contributed by atoms with Crippen LogP contribution in [0.25, 0.3) is 16.6 Å². The molecule has 0 aliphatic carbocycles. The van der Waals surface area contributed by atoms with Gasteiger partial charge < -0.3 is 10.6 Å². The number of hydrogen-bond donors (Lipinski definition) is 1. The molecule has 1 aromatic carbocycles. The predicted molar refractivity (Wildman–Crippen MR) is 107 cm³/mol. The molecule has 1 saturated heterocycles. The molecule has 1 amide bonds. The highest BCUT2D eigenvalue weighted by atomic mass is 16.2. The largest absolute Gasteiger partial charge is 0.343 e. The lowest BCUT2D eigenvalue weighted by Crippen LogP contribution is -2.40. The highest BCUT2D eigenvalue weighted by molar-refractivity contribution is 5.92. The Morgan fingerprint density at radius 2 is 1.96 bits per heavy atom. The monoisotopic (exact) mass is 365 g/mol. The lowest BCUT2D eigenvalue weighted by molar-refractivity contribution is -0.132. The van der Waals surface area contributed by atoms with Gasteiger partial charge in [0.2, 0.25) is 5.91 Å². The molecule has 1 aliphatic rings. The van der Waals surface area contributed by atoms with Crippen LogP contribution >= 0.6 is 0 Å². The average molecular weight is 365 g/mol. The molecule has 4 rings (SSSR count). The summed E-state index contributed by atoms with van der Waals surface area (Å²) in [4.78, 5) is 19.4. The van der Waals surface area contributed by atoms with Crippen molar-refractivity contribution >= 4 is 22.5 Å². The molecule has 1 fully saturated rings. The van der Waals surface area contributed by atoms with Gasteiger partial charge in [0.15, 0.2) is 5.65 Å². The lowest BCUT2D eigenvalue weighted by Gasteiger charge is -2.31. The summed E-state index contributed by atoms with van der Waals surface area (Å²) in [5, 5.41) is 5.76. The molecule has 0 bridgehead atoms. The van der Waals surface area contributed by atoms with Gasteiger partial charge in [-0.1, -0.05) is 12.1 Å². The SMILES string of the molecule is Cc1nc2c3ccccc3nn2c(C)c1CCC(=O)N1CCC(CN)CC1. The van der Waals surface area contributed by atoms with Gasteiger partial charge in [0.25, 0.3) is 0 Å². The van der Waals surface area contributed by atoms with Crippen LogP contribution < -0.4 is 5.73 Å². The Bertz CT molecular complexity index is 985. The quantitative estimate of drug-likeness (QED) is 0.771. The second-order valence-corrected chi connectivity index (χ2v) is 7.57. The van der Waals surface area contributed by atoms with Gasteiger partial charge in [-0.05, 0) is 63.3 Å². The third kappa shape index (κ3) is 3.30. The fourth-order valence-corrected chi connectivity index (χ4v) is 4.15. The molecule has 0 unspecified atom stereocenters. The first-order chi connectivity index (χ1) is 13.1. The summed E-state index contributed by atoms with van der Waals surface area (Å²) in [6.07, 6.45) is 3.26. The summed E-state index contributed by atoms with van der Waals surface area (Å²) in [5.74, 6) is 0.800. The van der Waals surface area contributed by atoms with E-state index in [1.54, 1.807) is 0 Å². The number of benzene rings is 1. The number of likely N-dealkylation sites (tertiary alicyclic amines) is 1. The molecular weight excluding hydrogens is 338 g/mol. The molecule has 0 spiro atoms. The Hall–Kier alpha value is -2.47. The fraction of sp³-hybridized carbons (Fsp3) is 0.476. The van der Waals surface area contributed by atoms with Crippen LogP contribution in [-0.2, 0) is 11.2 Å². The van der Waals surface area contributed by atoms with E-state index in [1.807, 2.05) is 34.5 Å². The summed E-state index contributed by atoms with van der Waals surface area (Å²) in [5.41, 5.74) is 10.8. The van der Waals surface area contributed by atoms with Crippen molar-refractivity contribution in [3.05, 3.63) is 41.2 Å². The normalized spacial score (nSPS) is 15.7. The minimum absolute atomic E-state index is 0.231. The van der Waals surface area contributed by atoms with Crippen molar-refractivity contribution in [2.75, 3.05) is 19.6 Å². The van der Waals surface area contributed by atoms with Gasteiger partial charge in [0, 0.05) is 36.3 Å². The Morgan fingerprint density at radius 1 is 1.22 bits per heavy atom. The first-order valence-electron chi connectivity index (χ1n) is 9.80. The summed E-state index contributed by atoms with van der Waals surface area (Å²) in [6.45, 7) is 6.49. The number of carbonyl (C=O) groups excluding carboxylic acids is 1. The maximum atomic E-state index is 12.6. The van der Waals surface area contributed by atoms with E-state index in [-0.39, 0.29) is 5.91 Å². The van der Waals surface area contributed by atoms with Crippen LogP contribution in [0.3, 0.4) is 0 Å². The van der Waals surface area contributed by atoms with Crippen LogP contribution in [0.1, 0.15) is 36.2 Å². The molecule has 6 nitrogen and oxygen atoms in total. The molecular formula is C21H27N5O. The lowest BCUT2D eigenvalue weighted by atomic mass is 9.96. The Labute approximate surface area is 159 Å². The van der Waals surface area contributed by atoms with E-state index in [2.05, 4.69) is 13.0 Å². The molecule has 142 valence electrons. The van der Waals surface area contributed by atoms with E-state index in [0.29, 0.717) is 18.8 Å². The van der Waals surface area contributed by atoms with E-state index in [0.717, 1.165) is 66.0 Å². The third-order valence-corrected chi connectivity index (χ3v) is 5.91. The van der Waals surface area contributed by atoms with Crippen LogP contribution in [0.5, 0.6) is 0 Å². The van der Waals surface area contributed by atoms with Crippen LogP contribution in [0.2, 0.25) is 0 Å². The van der Waals surface area contributed by atoms with Crippen molar-refractivity contribution in [2.45, 2.75) is 39.5 Å². The van der Waals surface area contributed by atoms with E-state index in [4.69, 9.17) is 15.8 Å². The second kappa shape index (κ2) is 7.27. The molecule has 2 aromatic heterocycles. The standard InChI is InChI=1S/C21H27N5O/c1-14-17(7-8-20(27)25-11-9-16(13-22)10-12-25)15(2)26-21(23-14)18-5-3-4-6-19(18)24-26/h3-6,16H,7-13,22H2,1-2H3. The van der Waals surface area contributed by atoms with Crippen molar-refractivity contribution in [2.24, 2.45) is 11.7 Å². The second-order valence-electron chi connectivity index (χ2n) is 7.57. The van der Waals surface area contributed by atoms with Crippen molar-refractivity contribution in [1.82, 2.24) is 19.5 Å². The molecule has 3 aromatic rings. The van der Waals surface area contributed by atoms with E-state index >= 15 is 0 Å².